The van der Waals surface area contributed by atoms with Crippen molar-refractivity contribution in [2.45, 2.75) is 33.6 Å². The largest absolute Gasteiger partial charge is 0.352 e. The van der Waals surface area contributed by atoms with Crippen LogP contribution in [0.2, 0.25) is 0 Å². The normalized spacial score (nSPS) is 11.1. The van der Waals surface area contributed by atoms with Crippen LogP contribution in [0.4, 0.5) is 5.69 Å². The Bertz CT molecular complexity index is 516. The first-order valence-corrected chi connectivity index (χ1v) is 7.09. The van der Waals surface area contributed by atoms with Crippen LogP contribution in [0, 0.1) is 5.41 Å². The zero-order chi connectivity index (χ0) is 16.0. The second-order valence-corrected chi connectivity index (χ2v) is 5.85. The monoisotopic (exact) mass is 288 g/mol. The maximum atomic E-state index is 12.3. The minimum absolute atomic E-state index is 0.321. The summed E-state index contributed by atoms with van der Waals surface area (Å²) in [6, 6.07) is 7.66. The molecule has 114 valence electrons. The van der Waals surface area contributed by atoms with E-state index in [1.165, 1.54) is 5.56 Å². The first-order valence-electron chi connectivity index (χ1n) is 7.09. The number of hydrogen-bond acceptors (Lipinski definition) is 2. The fourth-order valence-corrected chi connectivity index (χ4v) is 1.73. The molecule has 4 nitrogen and oxygen atoms in total. The number of nitrogens with one attached hydrogen (secondary N) is 2. The Morgan fingerprint density at radius 1 is 1.19 bits per heavy atom. The lowest BCUT2D eigenvalue weighted by Gasteiger charge is -2.22. The van der Waals surface area contributed by atoms with E-state index in [9.17, 15) is 9.59 Å². The highest BCUT2D eigenvalue weighted by Crippen LogP contribution is 2.21. The highest BCUT2D eigenvalue weighted by molar-refractivity contribution is 6.09. The van der Waals surface area contributed by atoms with Crippen molar-refractivity contribution < 1.29 is 9.59 Å². The fourth-order valence-electron chi connectivity index (χ4n) is 1.73. The highest BCUT2D eigenvalue weighted by atomic mass is 16.2. The number of carbonyl (C=O) groups is 2. The second kappa shape index (κ2) is 7.07. The summed E-state index contributed by atoms with van der Waals surface area (Å²) < 4.78 is 0. The van der Waals surface area contributed by atoms with Gasteiger partial charge in [-0.2, -0.15) is 0 Å². The molecule has 21 heavy (non-hydrogen) atoms. The van der Waals surface area contributed by atoms with E-state index < -0.39 is 5.41 Å². The van der Waals surface area contributed by atoms with Crippen molar-refractivity contribution in [3.63, 3.8) is 0 Å². The molecule has 1 aromatic rings. The van der Waals surface area contributed by atoms with Gasteiger partial charge in [0.1, 0.15) is 5.41 Å². The maximum absolute atomic E-state index is 12.3. The molecule has 1 aromatic carbocycles. The Morgan fingerprint density at radius 3 is 2.24 bits per heavy atom. The highest BCUT2D eigenvalue weighted by Gasteiger charge is 2.35. The molecule has 0 atom stereocenters. The summed E-state index contributed by atoms with van der Waals surface area (Å²) in [5, 5.41) is 5.43. The Morgan fingerprint density at radius 2 is 1.76 bits per heavy atom. The summed E-state index contributed by atoms with van der Waals surface area (Å²) in [7, 11) is 0. The Labute approximate surface area is 126 Å². The van der Waals surface area contributed by atoms with Gasteiger partial charge in [0.25, 0.3) is 0 Å². The van der Waals surface area contributed by atoms with Gasteiger partial charge in [0.2, 0.25) is 11.8 Å². The van der Waals surface area contributed by atoms with Gasteiger partial charge in [0.15, 0.2) is 0 Å². The van der Waals surface area contributed by atoms with Crippen molar-refractivity contribution in [1.29, 1.82) is 0 Å². The van der Waals surface area contributed by atoms with Crippen molar-refractivity contribution in [3.05, 3.63) is 42.5 Å². The smallest absolute Gasteiger partial charge is 0.239 e. The Balaban J connectivity index is 2.75. The average Bonchev–Trinajstić information content (AvgIpc) is 2.45. The molecule has 0 fully saturated rings. The SMILES string of the molecule is C=CCNC(=O)C(C)(C)C(=O)Nc1ccc(C(C)C)cc1. The molecule has 0 aliphatic carbocycles. The summed E-state index contributed by atoms with van der Waals surface area (Å²) in [6.07, 6.45) is 1.58. The summed E-state index contributed by atoms with van der Waals surface area (Å²) in [5.41, 5.74) is 0.754. The quantitative estimate of drug-likeness (QED) is 0.624. The van der Waals surface area contributed by atoms with E-state index in [2.05, 4.69) is 31.1 Å². The molecule has 0 aliphatic heterocycles. The third-order valence-electron chi connectivity index (χ3n) is 3.38. The van der Waals surface area contributed by atoms with Crippen molar-refractivity contribution in [3.8, 4) is 0 Å². The molecule has 0 aromatic heterocycles. The van der Waals surface area contributed by atoms with Gasteiger partial charge < -0.3 is 10.6 Å². The molecule has 4 heteroatoms. The molecule has 0 saturated heterocycles. The van der Waals surface area contributed by atoms with E-state index in [-0.39, 0.29) is 11.8 Å². The zero-order valence-electron chi connectivity index (χ0n) is 13.2. The van der Waals surface area contributed by atoms with Gasteiger partial charge in [-0.25, -0.2) is 0 Å². The van der Waals surface area contributed by atoms with Gasteiger partial charge in [-0.15, -0.1) is 6.58 Å². The van der Waals surface area contributed by atoms with Gasteiger partial charge in [-0.3, -0.25) is 9.59 Å². The van der Waals surface area contributed by atoms with E-state index >= 15 is 0 Å². The molecular formula is C17H24N2O2. The van der Waals surface area contributed by atoms with E-state index in [4.69, 9.17) is 0 Å². The lowest BCUT2D eigenvalue weighted by Crippen LogP contribution is -2.45. The molecule has 0 radical (unpaired) electrons. The van der Waals surface area contributed by atoms with Crippen molar-refractivity contribution in [2.24, 2.45) is 5.41 Å². The summed E-state index contributed by atoms with van der Waals surface area (Å²) in [6.45, 7) is 11.3. The molecule has 0 aliphatic rings. The van der Waals surface area contributed by atoms with Crippen LogP contribution in [-0.2, 0) is 9.59 Å². The minimum Gasteiger partial charge on any atom is -0.352 e. The Hall–Kier alpha value is -2.10. The molecule has 0 saturated carbocycles. The topological polar surface area (TPSA) is 58.2 Å². The summed E-state index contributed by atoms with van der Waals surface area (Å²) in [5.74, 6) is -0.212. The molecule has 0 unspecified atom stereocenters. The lowest BCUT2D eigenvalue weighted by molar-refractivity contribution is -0.138. The molecule has 0 spiro atoms. The zero-order valence-corrected chi connectivity index (χ0v) is 13.2. The van der Waals surface area contributed by atoms with Crippen LogP contribution in [-0.4, -0.2) is 18.4 Å². The second-order valence-electron chi connectivity index (χ2n) is 5.85. The molecule has 2 N–H and O–H groups in total. The van der Waals surface area contributed by atoms with E-state index in [0.717, 1.165) is 0 Å². The van der Waals surface area contributed by atoms with Gasteiger partial charge in [0, 0.05) is 12.2 Å². The summed E-state index contributed by atoms with van der Waals surface area (Å²) in [4.78, 5) is 24.2. The minimum atomic E-state index is -1.14. The Kier molecular flexibility index (Phi) is 5.70. The van der Waals surface area contributed by atoms with Crippen LogP contribution in [0.25, 0.3) is 0 Å². The average molecular weight is 288 g/mol. The van der Waals surface area contributed by atoms with Crippen LogP contribution in [0.5, 0.6) is 0 Å². The van der Waals surface area contributed by atoms with E-state index in [0.29, 0.717) is 18.2 Å². The lowest BCUT2D eigenvalue weighted by atomic mass is 9.91. The van der Waals surface area contributed by atoms with Crippen molar-refractivity contribution in [2.75, 3.05) is 11.9 Å². The van der Waals surface area contributed by atoms with Gasteiger partial charge in [0.05, 0.1) is 0 Å². The number of carbonyl (C=O) groups excluding carboxylic acids is 2. The molecule has 1 rings (SSSR count). The van der Waals surface area contributed by atoms with E-state index in [1.54, 1.807) is 19.9 Å². The standard InChI is InChI=1S/C17H24N2O2/c1-6-11-18-15(20)17(4,5)16(21)19-14-9-7-13(8-10-14)12(2)3/h6-10,12H,1,11H2,2-5H3,(H,18,20)(H,19,21). The van der Waals surface area contributed by atoms with Crippen LogP contribution < -0.4 is 10.6 Å². The van der Waals surface area contributed by atoms with Gasteiger partial charge >= 0.3 is 0 Å². The first kappa shape index (κ1) is 17.0. The van der Waals surface area contributed by atoms with Crippen LogP contribution in [0.1, 0.15) is 39.2 Å². The number of hydrogen-bond donors (Lipinski definition) is 2. The third-order valence-corrected chi connectivity index (χ3v) is 3.38. The molecule has 0 bridgehead atoms. The maximum Gasteiger partial charge on any atom is 0.239 e. The number of amides is 2. The molecular weight excluding hydrogens is 264 g/mol. The van der Waals surface area contributed by atoms with Crippen molar-refractivity contribution in [1.82, 2.24) is 5.32 Å². The van der Waals surface area contributed by atoms with Gasteiger partial charge in [-0.05, 0) is 37.5 Å². The predicted octanol–water partition coefficient (Wildman–Crippen LogP) is 3.08. The molecule has 2 amide bonds. The predicted molar refractivity (Wildman–Crippen MR) is 86.1 cm³/mol. The van der Waals surface area contributed by atoms with Gasteiger partial charge in [-0.1, -0.05) is 32.1 Å². The van der Waals surface area contributed by atoms with Crippen molar-refractivity contribution >= 4 is 17.5 Å². The van der Waals surface area contributed by atoms with Crippen LogP contribution in [0.15, 0.2) is 36.9 Å². The summed E-state index contributed by atoms with van der Waals surface area (Å²) >= 11 is 0. The first-order chi connectivity index (χ1) is 9.78. The van der Waals surface area contributed by atoms with Crippen LogP contribution >= 0.6 is 0 Å². The number of benzene rings is 1. The number of rotatable bonds is 6. The van der Waals surface area contributed by atoms with Crippen LogP contribution in [0.3, 0.4) is 0 Å². The third kappa shape index (κ3) is 4.45. The fraction of sp³-hybridized carbons (Fsp3) is 0.412. The number of anilines is 1. The van der Waals surface area contributed by atoms with E-state index in [1.807, 2.05) is 24.3 Å². The molecule has 0 heterocycles.